The van der Waals surface area contributed by atoms with Gasteiger partial charge in [-0.2, -0.15) is 0 Å². The Bertz CT molecular complexity index is 600. The average molecular weight is 374 g/mol. The third-order valence-electron chi connectivity index (χ3n) is 2.24. The van der Waals surface area contributed by atoms with Crippen molar-refractivity contribution < 1.29 is 12.8 Å². The van der Waals surface area contributed by atoms with E-state index in [1.165, 1.54) is 0 Å². The molecule has 0 heterocycles. The van der Waals surface area contributed by atoms with Gasteiger partial charge in [0.25, 0.3) is 0 Å². The van der Waals surface area contributed by atoms with Gasteiger partial charge in [-0.05, 0) is 27.4 Å². The van der Waals surface area contributed by atoms with Crippen molar-refractivity contribution in [3.8, 4) is 0 Å². The Labute approximate surface area is 125 Å². The van der Waals surface area contributed by atoms with E-state index in [1.54, 1.807) is 0 Å². The number of anilines is 1. The van der Waals surface area contributed by atoms with Gasteiger partial charge in [-0.3, -0.25) is 0 Å². The first-order valence-electron chi connectivity index (χ1n) is 5.38. The second kappa shape index (κ2) is 5.55. The number of nitrogen functional groups attached to an aromatic ring is 1. The maximum Gasteiger partial charge on any atom is 0.243 e. The molecule has 0 fully saturated rings. The summed E-state index contributed by atoms with van der Waals surface area (Å²) in [7, 11) is -4.00. The van der Waals surface area contributed by atoms with Gasteiger partial charge in [0, 0.05) is 6.54 Å². The number of nitrogens with two attached hydrogens (primary N) is 1. The fraction of sp³-hybridized carbons (Fsp3) is 0.455. The molecule has 0 bridgehead atoms. The molecular formula is C11H15BrClFN2O2S. The highest BCUT2D eigenvalue weighted by atomic mass is 79.9. The SMILES string of the molecule is CC(C)(C)CNS(=O)(=O)c1cc(Cl)c(Br)c(N)c1F. The van der Waals surface area contributed by atoms with E-state index in [9.17, 15) is 12.8 Å². The fourth-order valence-corrected chi connectivity index (χ4v) is 3.15. The second-order valence-electron chi connectivity index (χ2n) is 5.28. The van der Waals surface area contributed by atoms with Crippen LogP contribution in [0.2, 0.25) is 5.02 Å². The molecule has 0 atom stereocenters. The van der Waals surface area contributed by atoms with E-state index in [1.807, 2.05) is 20.8 Å². The molecule has 0 aliphatic heterocycles. The molecule has 8 heteroatoms. The minimum Gasteiger partial charge on any atom is -0.395 e. The van der Waals surface area contributed by atoms with Crippen LogP contribution in [0, 0.1) is 11.2 Å². The molecule has 3 N–H and O–H groups in total. The van der Waals surface area contributed by atoms with E-state index < -0.39 is 20.7 Å². The number of hydrogen-bond donors (Lipinski definition) is 2. The van der Waals surface area contributed by atoms with Gasteiger partial charge in [0.05, 0.1) is 15.2 Å². The summed E-state index contributed by atoms with van der Waals surface area (Å²) in [6.45, 7) is 5.74. The minimum atomic E-state index is -4.00. The largest absolute Gasteiger partial charge is 0.395 e. The summed E-state index contributed by atoms with van der Waals surface area (Å²) in [5, 5.41) is 0.0371. The van der Waals surface area contributed by atoms with Crippen LogP contribution in [0.3, 0.4) is 0 Å². The van der Waals surface area contributed by atoms with Crippen LogP contribution in [-0.4, -0.2) is 15.0 Å². The van der Waals surface area contributed by atoms with E-state index in [-0.39, 0.29) is 27.1 Å². The predicted molar refractivity (Wildman–Crippen MR) is 78.2 cm³/mol. The fourth-order valence-electron chi connectivity index (χ4n) is 1.18. The van der Waals surface area contributed by atoms with Crippen LogP contribution in [0.25, 0.3) is 0 Å². The zero-order chi connectivity index (χ0) is 15.0. The van der Waals surface area contributed by atoms with Crippen LogP contribution in [0.4, 0.5) is 10.1 Å². The van der Waals surface area contributed by atoms with Gasteiger partial charge < -0.3 is 5.73 Å². The molecular weight excluding hydrogens is 359 g/mol. The second-order valence-corrected chi connectivity index (χ2v) is 8.22. The van der Waals surface area contributed by atoms with Gasteiger partial charge in [-0.1, -0.05) is 32.4 Å². The summed E-state index contributed by atoms with van der Waals surface area (Å²) in [4.78, 5) is -0.553. The third kappa shape index (κ3) is 4.05. The van der Waals surface area contributed by atoms with E-state index in [0.717, 1.165) is 6.07 Å². The van der Waals surface area contributed by atoms with Crippen molar-refractivity contribution in [3.05, 3.63) is 21.4 Å². The zero-order valence-corrected chi connectivity index (χ0v) is 13.9. The van der Waals surface area contributed by atoms with Gasteiger partial charge in [0.1, 0.15) is 4.90 Å². The molecule has 1 aromatic carbocycles. The monoisotopic (exact) mass is 372 g/mol. The molecule has 0 saturated heterocycles. The van der Waals surface area contributed by atoms with Crippen LogP contribution in [0.5, 0.6) is 0 Å². The van der Waals surface area contributed by atoms with Gasteiger partial charge in [-0.15, -0.1) is 0 Å². The number of benzene rings is 1. The first-order valence-corrected chi connectivity index (χ1v) is 8.04. The van der Waals surface area contributed by atoms with Gasteiger partial charge >= 0.3 is 0 Å². The molecule has 0 amide bonds. The van der Waals surface area contributed by atoms with Crippen LogP contribution in [0.1, 0.15) is 20.8 Å². The lowest BCUT2D eigenvalue weighted by atomic mass is 9.98. The summed E-state index contributed by atoms with van der Waals surface area (Å²) in [6, 6.07) is 1.03. The Balaban J connectivity index is 3.23. The Kier molecular flexibility index (Phi) is 4.88. The number of nitrogens with one attached hydrogen (secondary N) is 1. The van der Waals surface area contributed by atoms with Gasteiger partial charge in [0.15, 0.2) is 5.82 Å². The third-order valence-corrected chi connectivity index (χ3v) is 5.02. The van der Waals surface area contributed by atoms with Crippen molar-refractivity contribution in [2.45, 2.75) is 25.7 Å². The molecule has 4 nitrogen and oxygen atoms in total. The molecule has 0 unspecified atom stereocenters. The standard InChI is InChI=1S/C11H15BrClFN2O2S/c1-11(2,3)5-16-19(17,18)7-4-6(13)8(12)10(15)9(7)14/h4,16H,5,15H2,1-3H3. The minimum absolute atomic E-state index is 0.0371. The molecule has 1 aromatic rings. The summed E-state index contributed by atoms with van der Waals surface area (Å²) < 4.78 is 40.5. The highest BCUT2D eigenvalue weighted by Gasteiger charge is 2.25. The first kappa shape index (κ1) is 16.7. The van der Waals surface area contributed by atoms with Gasteiger partial charge in [0.2, 0.25) is 10.0 Å². The Hall–Kier alpha value is -0.370. The molecule has 0 aromatic heterocycles. The van der Waals surface area contributed by atoms with Crippen LogP contribution in [0.15, 0.2) is 15.4 Å². The number of halogens is 3. The average Bonchev–Trinajstić information content (AvgIpc) is 2.27. The molecule has 0 saturated carbocycles. The lowest BCUT2D eigenvalue weighted by molar-refractivity contribution is 0.407. The maximum atomic E-state index is 13.9. The molecule has 0 aliphatic rings. The zero-order valence-electron chi connectivity index (χ0n) is 10.7. The molecule has 0 aliphatic carbocycles. The molecule has 0 radical (unpaired) electrons. The van der Waals surface area contributed by atoms with E-state index in [0.29, 0.717) is 0 Å². The molecule has 0 spiro atoms. The molecule has 19 heavy (non-hydrogen) atoms. The van der Waals surface area contributed by atoms with Gasteiger partial charge in [-0.25, -0.2) is 17.5 Å². The van der Waals surface area contributed by atoms with E-state index >= 15 is 0 Å². The van der Waals surface area contributed by atoms with Crippen molar-refractivity contribution >= 4 is 43.2 Å². The Morgan fingerprint density at radius 3 is 2.47 bits per heavy atom. The van der Waals surface area contributed by atoms with Crippen molar-refractivity contribution in [3.63, 3.8) is 0 Å². The smallest absolute Gasteiger partial charge is 0.243 e. The van der Waals surface area contributed by atoms with Crippen LogP contribution in [-0.2, 0) is 10.0 Å². The summed E-state index contributed by atoms with van der Waals surface area (Å²) in [6.07, 6.45) is 0. The van der Waals surface area contributed by atoms with Crippen molar-refractivity contribution in [2.24, 2.45) is 5.41 Å². The molecule has 1 rings (SSSR count). The van der Waals surface area contributed by atoms with Crippen molar-refractivity contribution in [1.82, 2.24) is 4.72 Å². The maximum absolute atomic E-state index is 13.9. The number of sulfonamides is 1. The highest BCUT2D eigenvalue weighted by Crippen LogP contribution is 2.34. The Morgan fingerprint density at radius 2 is 2.00 bits per heavy atom. The number of rotatable bonds is 3. The quantitative estimate of drug-likeness (QED) is 0.631. The highest BCUT2D eigenvalue weighted by molar-refractivity contribution is 9.10. The van der Waals surface area contributed by atoms with Crippen molar-refractivity contribution in [1.29, 1.82) is 0 Å². The van der Waals surface area contributed by atoms with Crippen LogP contribution < -0.4 is 10.5 Å². The normalized spacial score (nSPS) is 12.7. The first-order chi connectivity index (χ1) is 8.46. The predicted octanol–water partition coefficient (Wildman–Crippen LogP) is 3.15. The Morgan fingerprint density at radius 1 is 1.47 bits per heavy atom. The van der Waals surface area contributed by atoms with E-state index in [4.69, 9.17) is 17.3 Å². The lowest BCUT2D eigenvalue weighted by Gasteiger charge is -2.19. The molecule has 108 valence electrons. The van der Waals surface area contributed by atoms with Crippen molar-refractivity contribution in [2.75, 3.05) is 12.3 Å². The van der Waals surface area contributed by atoms with Crippen LogP contribution >= 0.6 is 27.5 Å². The summed E-state index contributed by atoms with van der Waals surface area (Å²) >= 11 is 8.79. The number of hydrogen-bond acceptors (Lipinski definition) is 3. The summed E-state index contributed by atoms with van der Waals surface area (Å²) in [5.74, 6) is -1.02. The lowest BCUT2D eigenvalue weighted by Crippen LogP contribution is -2.33. The summed E-state index contributed by atoms with van der Waals surface area (Å²) in [5.41, 5.74) is 4.86. The topological polar surface area (TPSA) is 72.2 Å². The van der Waals surface area contributed by atoms with E-state index in [2.05, 4.69) is 20.7 Å².